The molecule has 1 amide bonds. The van der Waals surface area contributed by atoms with Gasteiger partial charge in [-0.05, 0) is 19.3 Å². The van der Waals surface area contributed by atoms with Crippen molar-refractivity contribution in [2.45, 2.75) is 23.6 Å². The molecule has 1 aliphatic heterocycles. The lowest BCUT2D eigenvalue weighted by Crippen LogP contribution is -2.36. The van der Waals surface area contributed by atoms with Crippen molar-refractivity contribution in [3.8, 4) is 0 Å². The molecule has 1 saturated heterocycles. The van der Waals surface area contributed by atoms with Crippen LogP contribution in [-0.2, 0) is 9.53 Å². The number of piperidine rings is 1. The van der Waals surface area contributed by atoms with Crippen molar-refractivity contribution < 1.29 is 9.53 Å². The van der Waals surface area contributed by atoms with Crippen molar-refractivity contribution in [2.75, 3.05) is 44.4 Å². The van der Waals surface area contributed by atoms with Crippen LogP contribution in [0.1, 0.15) is 19.3 Å². The third-order valence-corrected chi connectivity index (χ3v) is 5.02. The Bertz CT molecular complexity index is 421. The van der Waals surface area contributed by atoms with Gasteiger partial charge in [-0.25, -0.2) is 0 Å². The quantitative estimate of drug-likeness (QED) is 0.610. The number of thioether (sulfide) groups is 1. The number of nitrogens with one attached hydrogen (secondary N) is 1. The molecule has 8 heteroatoms. The Labute approximate surface area is 127 Å². The van der Waals surface area contributed by atoms with Gasteiger partial charge in [0, 0.05) is 26.7 Å². The number of likely N-dealkylation sites (tertiary alicyclic amines) is 1. The lowest BCUT2D eigenvalue weighted by molar-refractivity contribution is -0.129. The fourth-order valence-corrected chi connectivity index (χ4v) is 3.64. The normalized spacial score (nSPS) is 15.3. The fraction of sp³-hybridized carbons (Fsp3) is 0.750. The molecule has 0 spiro atoms. The summed E-state index contributed by atoms with van der Waals surface area (Å²) in [6, 6.07) is 0. The van der Waals surface area contributed by atoms with Gasteiger partial charge in [0.15, 0.2) is 4.34 Å². The topological polar surface area (TPSA) is 67.3 Å². The van der Waals surface area contributed by atoms with Crippen molar-refractivity contribution in [2.24, 2.45) is 0 Å². The molecular formula is C12H20N4O2S2. The van der Waals surface area contributed by atoms with Crippen LogP contribution in [0.5, 0.6) is 0 Å². The summed E-state index contributed by atoms with van der Waals surface area (Å²) in [5, 5.41) is 12.0. The summed E-state index contributed by atoms with van der Waals surface area (Å²) in [5.74, 6) is 0.658. The minimum atomic E-state index is 0.207. The van der Waals surface area contributed by atoms with Gasteiger partial charge in [0.2, 0.25) is 11.0 Å². The summed E-state index contributed by atoms with van der Waals surface area (Å²) < 4.78 is 5.78. The largest absolute Gasteiger partial charge is 0.383 e. The Morgan fingerprint density at radius 1 is 1.40 bits per heavy atom. The summed E-state index contributed by atoms with van der Waals surface area (Å²) >= 11 is 2.94. The number of rotatable bonds is 7. The molecule has 0 radical (unpaired) electrons. The van der Waals surface area contributed by atoms with E-state index in [0.29, 0.717) is 18.9 Å². The van der Waals surface area contributed by atoms with E-state index in [1.807, 2.05) is 4.90 Å². The van der Waals surface area contributed by atoms with Crippen molar-refractivity contribution in [1.82, 2.24) is 15.1 Å². The second kappa shape index (κ2) is 8.43. The number of hydrogen-bond acceptors (Lipinski definition) is 7. The molecule has 0 saturated carbocycles. The average molecular weight is 316 g/mol. The number of methoxy groups -OCH3 is 1. The zero-order valence-corrected chi connectivity index (χ0v) is 13.3. The highest BCUT2D eigenvalue weighted by atomic mass is 32.2. The third-order valence-electron chi connectivity index (χ3n) is 3.02. The van der Waals surface area contributed by atoms with Crippen molar-refractivity contribution in [1.29, 1.82) is 0 Å². The molecule has 0 unspecified atom stereocenters. The second-order valence-electron chi connectivity index (χ2n) is 4.52. The van der Waals surface area contributed by atoms with E-state index >= 15 is 0 Å². The number of anilines is 1. The second-order valence-corrected chi connectivity index (χ2v) is 6.72. The number of hydrogen-bond donors (Lipinski definition) is 1. The van der Waals surface area contributed by atoms with Gasteiger partial charge in [-0.15, -0.1) is 10.2 Å². The third kappa shape index (κ3) is 4.92. The first-order valence-electron chi connectivity index (χ1n) is 6.76. The van der Waals surface area contributed by atoms with Crippen LogP contribution in [-0.4, -0.2) is 60.1 Å². The summed E-state index contributed by atoms with van der Waals surface area (Å²) in [5.41, 5.74) is 0. The molecule has 0 aromatic carbocycles. The zero-order valence-electron chi connectivity index (χ0n) is 11.6. The minimum absolute atomic E-state index is 0.207. The highest BCUT2D eigenvalue weighted by Gasteiger charge is 2.17. The molecule has 20 heavy (non-hydrogen) atoms. The maximum Gasteiger partial charge on any atom is 0.233 e. The first-order valence-corrected chi connectivity index (χ1v) is 8.56. The maximum absolute atomic E-state index is 12.0. The molecule has 0 bridgehead atoms. The molecule has 2 heterocycles. The Balaban J connectivity index is 1.71. The number of amides is 1. The summed E-state index contributed by atoms with van der Waals surface area (Å²) in [6.07, 6.45) is 3.50. The van der Waals surface area contributed by atoms with E-state index < -0.39 is 0 Å². The van der Waals surface area contributed by atoms with Gasteiger partial charge in [0.25, 0.3) is 0 Å². The summed E-state index contributed by atoms with van der Waals surface area (Å²) in [7, 11) is 1.66. The molecule has 1 N–H and O–H groups in total. The van der Waals surface area contributed by atoms with Crippen LogP contribution in [0, 0.1) is 0 Å². The first-order chi connectivity index (χ1) is 9.79. The number of nitrogens with zero attached hydrogens (tertiary/aromatic N) is 3. The minimum Gasteiger partial charge on any atom is -0.383 e. The van der Waals surface area contributed by atoms with Gasteiger partial charge in [-0.2, -0.15) is 0 Å². The van der Waals surface area contributed by atoms with Crippen LogP contribution in [0.25, 0.3) is 0 Å². The highest BCUT2D eigenvalue weighted by molar-refractivity contribution is 8.01. The lowest BCUT2D eigenvalue weighted by atomic mass is 10.1. The molecule has 6 nitrogen and oxygen atoms in total. The number of carbonyl (C=O) groups excluding carboxylic acids is 1. The predicted molar refractivity (Wildman–Crippen MR) is 81.4 cm³/mol. The van der Waals surface area contributed by atoms with Crippen LogP contribution >= 0.6 is 23.1 Å². The van der Waals surface area contributed by atoms with E-state index in [1.165, 1.54) is 29.5 Å². The summed E-state index contributed by atoms with van der Waals surface area (Å²) in [4.78, 5) is 14.0. The van der Waals surface area contributed by atoms with Gasteiger partial charge < -0.3 is 15.0 Å². The molecule has 1 aliphatic rings. The maximum atomic E-state index is 12.0. The van der Waals surface area contributed by atoms with Crippen molar-refractivity contribution in [3.63, 3.8) is 0 Å². The molecular weight excluding hydrogens is 296 g/mol. The SMILES string of the molecule is COCCNc1nnc(SCC(=O)N2CCCCC2)s1. The molecule has 0 aliphatic carbocycles. The van der Waals surface area contributed by atoms with E-state index in [-0.39, 0.29) is 5.91 Å². The van der Waals surface area contributed by atoms with E-state index in [0.717, 1.165) is 35.4 Å². The first kappa shape index (κ1) is 15.5. The van der Waals surface area contributed by atoms with E-state index in [1.54, 1.807) is 7.11 Å². The molecule has 0 atom stereocenters. The van der Waals surface area contributed by atoms with Gasteiger partial charge in [0.1, 0.15) is 0 Å². The van der Waals surface area contributed by atoms with E-state index in [9.17, 15) is 4.79 Å². The summed E-state index contributed by atoms with van der Waals surface area (Å²) in [6.45, 7) is 3.15. The van der Waals surface area contributed by atoms with E-state index in [2.05, 4.69) is 15.5 Å². The molecule has 1 aromatic heterocycles. The van der Waals surface area contributed by atoms with Gasteiger partial charge in [0.05, 0.1) is 12.4 Å². The van der Waals surface area contributed by atoms with Crippen LogP contribution in [0.2, 0.25) is 0 Å². The van der Waals surface area contributed by atoms with Crippen molar-refractivity contribution >= 4 is 34.1 Å². The lowest BCUT2D eigenvalue weighted by Gasteiger charge is -2.26. The van der Waals surface area contributed by atoms with Gasteiger partial charge in [-0.1, -0.05) is 23.1 Å². The van der Waals surface area contributed by atoms with E-state index in [4.69, 9.17) is 4.74 Å². The molecule has 112 valence electrons. The molecule has 2 rings (SSSR count). The van der Waals surface area contributed by atoms with Gasteiger partial charge >= 0.3 is 0 Å². The zero-order chi connectivity index (χ0) is 14.2. The van der Waals surface area contributed by atoms with Crippen LogP contribution < -0.4 is 5.32 Å². The number of aromatic nitrogens is 2. The predicted octanol–water partition coefficient (Wildman–Crippen LogP) is 1.70. The Hall–Kier alpha value is -0.860. The average Bonchev–Trinajstić information content (AvgIpc) is 2.94. The monoisotopic (exact) mass is 316 g/mol. The molecule has 1 fully saturated rings. The van der Waals surface area contributed by atoms with Crippen LogP contribution in [0.3, 0.4) is 0 Å². The van der Waals surface area contributed by atoms with Crippen LogP contribution in [0.15, 0.2) is 4.34 Å². The molecule has 1 aromatic rings. The Morgan fingerprint density at radius 2 is 2.20 bits per heavy atom. The van der Waals surface area contributed by atoms with Gasteiger partial charge in [-0.3, -0.25) is 4.79 Å². The Morgan fingerprint density at radius 3 is 2.95 bits per heavy atom. The number of carbonyl (C=O) groups is 1. The number of ether oxygens (including phenoxy) is 1. The fourth-order valence-electron chi connectivity index (χ4n) is 1.96. The Kier molecular flexibility index (Phi) is 6.55. The smallest absolute Gasteiger partial charge is 0.233 e. The highest BCUT2D eigenvalue weighted by Crippen LogP contribution is 2.25. The standard InChI is InChI=1S/C12H20N4O2S2/c1-18-8-5-13-11-14-15-12(20-11)19-9-10(17)16-6-3-2-4-7-16/h2-9H2,1H3,(H,13,14). The van der Waals surface area contributed by atoms with Crippen molar-refractivity contribution in [3.05, 3.63) is 0 Å². The van der Waals surface area contributed by atoms with Crippen LogP contribution in [0.4, 0.5) is 5.13 Å².